The first-order valence-corrected chi connectivity index (χ1v) is 6.60. The van der Waals surface area contributed by atoms with Gasteiger partial charge in [0, 0.05) is 11.1 Å². The van der Waals surface area contributed by atoms with Crippen LogP contribution in [0.1, 0.15) is 23.2 Å². The molecule has 0 spiro atoms. The van der Waals surface area contributed by atoms with Crippen molar-refractivity contribution < 1.29 is 9.59 Å². The second kappa shape index (κ2) is 4.25. The first kappa shape index (κ1) is 12.0. The topological polar surface area (TPSA) is 37.4 Å². The molecule has 0 bridgehead atoms. The molecule has 1 aromatic rings. The van der Waals surface area contributed by atoms with Gasteiger partial charge in [-0.2, -0.15) is 0 Å². The van der Waals surface area contributed by atoms with Crippen molar-refractivity contribution in [1.29, 1.82) is 0 Å². The molecular formula is C13H11Cl2NO2. The highest BCUT2D eigenvalue weighted by Crippen LogP contribution is 2.48. The van der Waals surface area contributed by atoms with Gasteiger partial charge >= 0.3 is 0 Å². The van der Waals surface area contributed by atoms with Crippen molar-refractivity contribution >= 4 is 35.4 Å². The highest BCUT2D eigenvalue weighted by atomic mass is 35.5. The molecule has 0 radical (unpaired) electrons. The maximum absolute atomic E-state index is 12.4. The minimum absolute atomic E-state index is 0.168. The molecule has 3 rings (SSSR count). The van der Waals surface area contributed by atoms with Crippen molar-refractivity contribution in [3.05, 3.63) is 33.8 Å². The zero-order valence-corrected chi connectivity index (χ0v) is 11.0. The van der Waals surface area contributed by atoms with E-state index in [1.165, 1.54) is 0 Å². The van der Waals surface area contributed by atoms with E-state index in [4.69, 9.17) is 23.2 Å². The fourth-order valence-corrected chi connectivity index (χ4v) is 3.21. The number of halogens is 2. The molecule has 1 aliphatic heterocycles. The Hall–Kier alpha value is -1.06. The molecule has 0 N–H and O–H groups in total. The standard InChI is InChI=1S/C13H11Cl2NO2/c14-8-1-2-10(11(15)5-8)13(18)16-9(6-17)3-7-4-12(7)16/h1-2,5-7,9,12H,3-4H2/t7?,9-,12?/m0/s1. The predicted molar refractivity (Wildman–Crippen MR) is 69.0 cm³/mol. The number of carbonyl (C=O) groups excluding carboxylic acids is 2. The van der Waals surface area contributed by atoms with E-state index in [0.29, 0.717) is 21.5 Å². The summed E-state index contributed by atoms with van der Waals surface area (Å²) in [6.45, 7) is 0. The molecule has 2 aliphatic rings. The van der Waals surface area contributed by atoms with E-state index in [1.807, 2.05) is 0 Å². The third-order valence-corrected chi connectivity index (χ3v) is 4.25. The maximum Gasteiger partial charge on any atom is 0.256 e. The molecular weight excluding hydrogens is 273 g/mol. The van der Waals surface area contributed by atoms with Crippen molar-refractivity contribution in [2.45, 2.75) is 24.9 Å². The highest BCUT2D eigenvalue weighted by molar-refractivity contribution is 6.36. The number of carbonyl (C=O) groups is 2. The van der Waals surface area contributed by atoms with Gasteiger partial charge in [-0.3, -0.25) is 4.79 Å². The normalized spacial score (nSPS) is 29.0. The van der Waals surface area contributed by atoms with Crippen LogP contribution in [0.2, 0.25) is 10.0 Å². The average Bonchev–Trinajstić information content (AvgIpc) is 2.99. The largest absolute Gasteiger partial charge is 0.326 e. The number of amides is 1. The van der Waals surface area contributed by atoms with Gasteiger partial charge < -0.3 is 9.69 Å². The van der Waals surface area contributed by atoms with E-state index in [-0.39, 0.29) is 18.0 Å². The number of piperidine rings is 1. The van der Waals surface area contributed by atoms with Crippen LogP contribution in [0.5, 0.6) is 0 Å². The zero-order valence-electron chi connectivity index (χ0n) is 9.48. The Balaban J connectivity index is 1.92. The molecule has 3 nitrogen and oxygen atoms in total. The summed E-state index contributed by atoms with van der Waals surface area (Å²) in [6.07, 6.45) is 2.64. The van der Waals surface area contributed by atoms with E-state index < -0.39 is 0 Å². The summed E-state index contributed by atoms with van der Waals surface area (Å²) in [4.78, 5) is 25.1. The lowest BCUT2D eigenvalue weighted by Gasteiger charge is -2.24. The molecule has 1 amide bonds. The smallest absolute Gasteiger partial charge is 0.256 e. The Morgan fingerprint density at radius 2 is 2.11 bits per heavy atom. The van der Waals surface area contributed by atoms with Gasteiger partial charge in [0.25, 0.3) is 5.91 Å². The molecule has 3 atom stereocenters. The number of benzene rings is 1. The zero-order chi connectivity index (χ0) is 12.9. The van der Waals surface area contributed by atoms with E-state index in [2.05, 4.69) is 0 Å². The quantitative estimate of drug-likeness (QED) is 0.783. The van der Waals surface area contributed by atoms with Crippen LogP contribution in [0.3, 0.4) is 0 Å². The Morgan fingerprint density at radius 3 is 2.78 bits per heavy atom. The molecule has 1 aromatic carbocycles. The van der Waals surface area contributed by atoms with Crippen molar-refractivity contribution in [3.63, 3.8) is 0 Å². The van der Waals surface area contributed by atoms with Gasteiger partial charge in [0.15, 0.2) is 0 Å². The van der Waals surface area contributed by atoms with E-state index in [9.17, 15) is 9.59 Å². The Morgan fingerprint density at radius 1 is 1.33 bits per heavy atom. The molecule has 0 aromatic heterocycles. The summed E-state index contributed by atoms with van der Waals surface area (Å²) < 4.78 is 0. The van der Waals surface area contributed by atoms with Crippen LogP contribution in [0, 0.1) is 5.92 Å². The fraction of sp³-hybridized carbons (Fsp3) is 0.385. The number of fused-ring (bicyclic) bond motifs is 1. The lowest BCUT2D eigenvalue weighted by molar-refractivity contribution is -0.111. The van der Waals surface area contributed by atoms with E-state index >= 15 is 0 Å². The van der Waals surface area contributed by atoms with E-state index in [0.717, 1.165) is 19.1 Å². The highest BCUT2D eigenvalue weighted by Gasteiger charge is 2.54. The van der Waals surface area contributed by atoms with Crippen molar-refractivity contribution in [2.75, 3.05) is 0 Å². The Kier molecular flexibility index (Phi) is 2.83. The number of hydrogen-bond acceptors (Lipinski definition) is 2. The van der Waals surface area contributed by atoms with Gasteiger partial charge in [0.1, 0.15) is 6.29 Å². The SMILES string of the molecule is O=C[C@@H]1CC2CC2N1C(=O)c1ccc(Cl)cc1Cl. The van der Waals surface area contributed by atoms with Gasteiger partial charge in [-0.05, 0) is 37.0 Å². The lowest BCUT2D eigenvalue weighted by atomic mass is 10.1. The molecule has 1 saturated heterocycles. The van der Waals surface area contributed by atoms with Crippen LogP contribution in [0.15, 0.2) is 18.2 Å². The monoisotopic (exact) mass is 283 g/mol. The maximum atomic E-state index is 12.4. The van der Waals surface area contributed by atoms with Gasteiger partial charge in [-0.25, -0.2) is 0 Å². The number of nitrogens with zero attached hydrogens (tertiary/aromatic N) is 1. The minimum atomic E-state index is -0.298. The van der Waals surface area contributed by atoms with Crippen LogP contribution in [-0.2, 0) is 4.79 Å². The minimum Gasteiger partial charge on any atom is -0.326 e. The predicted octanol–water partition coefficient (Wildman–Crippen LogP) is 2.80. The first-order valence-electron chi connectivity index (χ1n) is 5.85. The molecule has 2 unspecified atom stereocenters. The third-order valence-electron chi connectivity index (χ3n) is 3.70. The van der Waals surface area contributed by atoms with Crippen molar-refractivity contribution in [1.82, 2.24) is 4.90 Å². The van der Waals surface area contributed by atoms with Gasteiger partial charge in [-0.1, -0.05) is 23.2 Å². The number of rotatable bonds is 2. The van der Waals surface area contributed by atoms with Crippen LogP contribution in [-0.4, -0.2) is 29.2 Å². The summed E-state index contributed by atoms with van der Waals surface area (Å²) in [7, 11) is 0. The molecule has 1 heterocycles. The second-order valence-corrected chi connectivity index (χ2v) is 5.68. The Labute approximate surface area is 115 Å². The Bertz CT molecular complexity index is 532. The molecule has 18 heavy (non-hydrogen) atoms. The van der Waals surface area contributed by atoms with Crippen LogP contribution in [0.4, 0.5) is 0 Å². The summed E-state index contributed by atoms with van der Waals surface area (Å²) in [5.74, 6) is 0.328. The van der Waals surface area contributed by atoms with Crippen molar-refractivity contribution in [2.24, 2.45) is 5.92 Å². The number of aldehydes is 1. The first-order chi connectivity index (χ1) is 8.61. The summed E-state index contributed by atoms with van der Waals surface area (Å²) in [5.41, 5.74) is 0.417. The number of hydrogen-bond donors (Lipinski definition) is 0. The van der Waals surface area contributed by atoms with Gasteiger partial charge in [0.2, 0.25) is 0 Å². The molecule has 2 fully saturated rings. The van der Waals surface area contributed by atoms with Crippen LogP contribution >= 0.6 is 23.2 Å². The van der Waals surface area contributed by atoms with E-state index in [1.54, 1.807) is 23.1 Å². The molecule has 1 aliphatic carbocycles. The summed E-state index contributed by atoms with van der Waals surface area (Å²) in [5, 5.41) is 0.829. The fourth-order valence-electron chi connectivity index (χ4n) is 2.72. The van der Waals surface area contributed by atoms with Crippen molar-refractivity contribution in [3.8, 4) is 0 Å². The van der Waals surface area contributed by atoms with Gasteiger partial charge in [0.05, 0.1) is 16.6 Å². The van der Waals surface area contributed by atoms with Gasteiger partial charge in [-0.15, -0.1) is 0 Å². The lowest BCUT2D eigenvalue weighted by Crippen LogP contribution is -2.39. The third kappa shape index (κ3) is 1.82. The van der Waals surface area contributed by atoms with Crippen LogP contribution in [0.25, 0.3) is 0 Å². The molecule has 5 heteroatoms. The average molecular weight is 284 g/mol. The molecule has 94 valence electrons. The summed E-state index contributed by atoms with van der Waals surface area (Å²) >= 11 is 11.8. The molecule has 1 saturated carbocycles. The summed E-state index contributed by atoms with van der Waals surface area (Å²) in [6, 6.07) is 4.72. The van der Waals surface area contributed by atoms with Crippen LogP contribution < -0.4 is 0 Å². The second-order valence-electron chi connectivity index (χ2n) is 4.84. The number of likely N-dealkylation sites (tertiary alicyclic amines) is 1.